The van der Waals surface area contributed by atoms with Gasteiger partial charge in [0.05, 0.1) is 0 Å². The Labute approximate surface area is 127 Å². The maximum atomic E-state index is 12.8. The van der Waals surface area contributed by atoms with E-state index in [2.05, 4.69) is 30.3 Å². The van der Waals surface area contributed by atoms with Crippen molar-refractivity contribution in [3.05, 3.63) is 71.8 Å². The van der Waals surface area contributed by atoms with Crippen molar-refractivity contribution in [3.63, 3.8) is 0 Å². The lowest BCUT2D eigenvalue weighted by Gasteiger charge is -2.30. The van der Waals surface area contributed by atoms with E-state index in [1.807, 2.05) is 30.3 Å². The summed E-state index contributed by atoms with van der Waals surface area (Å²) >= 11 is 0. The van der Waals surface area contributed by atoms with Crippen LogP contribution >= 0.6 is 0 Å². The van der Waals surface area contributed by atoms with Crippen LogP contribution in [-0.2, 0) is 6.42 Å². The minimum absolute atomic E-state index is 0.196. The summed E-state index contributed by atoms with van der Waals surface area (Å²) < 4.78 is 0. The molecule has 0 aliphatic heterocycles. The number of carbonyl (C=O) groups excluding carboxylic acids is 1. The maximum absolute atomic E-state index is 12.8. The van der Waals surface area contributed by atoms with Crippen molar-refractivity contribution in [2.45, 2.75) is 32.1 Å². The van der Waals surface area contributed by atoms with E-state index in [0.29, 0.717) is 11.7 Å². The van der Waals surface area contributed by atoms with Gasteiger partial charge in [-0.05, 0) is 30.7 Å². The first kappa shape index (κ1) is 14.1. The summed E-state index contributed by atoms with van der Waals surface area (Å²) in [4.78, 5) is 12.8. The highest BCUT2D eigenvalue weighted by Gasteiger charge is 2.31. The van der Waals surface area contributed by atoms with Crippen molar-refractivity contribution in [3.8, 4) is 0 Å². The van der Waals surface area contributed by atoms with E-state index in [9.17, 15) is 4.79 Å². The molecule has 0 heterocycles. The van der Waals surface area contributed by atoms with E-state index < -0.39 is 0 Å². The molecule has 2 aromatic rings. The molecule has 0 amide bonds. The highest BCUT2D eigenvalue weighted by molar-refractivity contribution is 5.98. The van der Waals surface area contributed by atoms with Crippen molar-refractivity contribution in [1.82, 2.24) is 0 Å². The average molecular weight is 278 g/mol. The smallest absolute Gasteiger partial charge is 0.166 e. The minimum Gasteiger partial charge on any atom is -0.294 e. The molecule has 2 atom stereocenters. The summed E-state index contributed by atoms with van der Waals surface area (Å²) in [6.07, 6.45) is 5.71. The van der Waals surface area contributed by atoms with Gasteiger partial charge in [0, 0.05) is 11.5 Å². The number of Topliss-reactive ketones (excluding diaryl/α,β-unsaturated/α-hetero) is 1. The lowest BCUT2D eigenvalue weighted by molar-refractivity contribution is 0.0824. The van der Waals surface area contributed by atoms with Crippen molar-refractivity contribution in [1.29, 1.82) is 0 Å². The molecule has 1 saturated carbocycles. The maximum Gasteiger partial charge on any atom is 0.166 e. The molecule has 1 heteroatoms. The van der Waals surface area contributed by atoms with E-state index in [1.54, 1.807) is 0 Å². The Balaban J connectivity index is 1.77. The van der Waals surface area contributed by atoms with Crippen LogP contribution < -0.4 is 0 Å². The first-order chi connectivity index (χ1) is 10.3. The van der Waals surface area contributed by atoms with Gasteiger partial charge in [-0.15, -0.1) is 0 Å². The van der Waals surface area contributed by atoms with E-state index in [1.165, 1.54) is 24.8 Å². The zero-order valence-electron chi connectivity index (χ0n) is 12.4. The van der Waals surface area contributed by atoms with Gasteiger partial charge in [0.2, 0.25) is 0 Å². The second kappa shape index (κ2) is 6.71. The van der Waals surface area contributed by atoms with Crippen LogP contribution in [0, 0.1) is 11.8 Å². The first-order valence-corrected chi connectivity index (χ1v) is 7.98. The number of hydrogen-bond donors (Lipinski definition) is 0. The number of hydrogen-bond acceptors (Lipinski definition) is 1. The molecule has 3 rings (SSSR count). The van der Waals surface area contributed by atoms with Crippen LogP contribution in [0.5, 0.6) is 0 Å². The molecule has 1 aliphatic rings. The minimum atomic E-state index is 0.196. The van der Waals surface area contributed by atoms with Crippen molar-refractivity contribution in [2.75, 3.05) is 0 Å². The first-order valence-electron chi connectivity index (χ1n) is 7.98. The van der Waals surface area contributed by atoms with Gasteiger partial charge in [0.25, 0.3) is 0 Å². The fourth-order valence-corrected chi connectivity index (χ4v) is 3.53. The van der Waals surface area contributed by atoms with Crippen LogP contribution in [0.15, 0.2) is 60.7 Å². The van der Waals surface area contributed by atoms with Gasteiger partial charge in [0.15, 0.2) is 5.78 Å². The predicted octanol–water partition coefficient (Wildman–Crippen LogP) is 4.92. The summed E-state index contributed by atoms with van der Waals surface area (Å²) in [7, 11) is 0. The highest BCUT2D eigenvalue weighted by atomic mass is 16.1. The quantitative estimate of drug-likeness (QED) is 0.726. The second-order valence-electron chi connectivity index (χ2n) is 6.07. The standard InChI is InChI=1S/C20H22O/c21-20(17-11-5-2-6-12-17)19-14-8-7-13-18(19)15-16-9-3-1-4-10-16/h1-6,9-12,18-19H,7-8,13-15H2/t18-,19-/m0/s1. The number of ketones is 1. The summed E-state index contributed by atoms with van der Waals surface area (Å²) in [5.41, 5.74) is 2.23. The van der Waals surface area contributed by atoms with Crippen LogP contribution in [0.3, 0.4) is 0 Å². The number of benzene rings is 2. The monoisotopic (exact) mass is 278 g/mol. The van der Waals surface area contributed by atoms with Crippen LogP contribution in [0.2, 0.25) is 0 Å². The van der Waals surface area contributed by atoms with E-state index in [4.69, 9.17) is 0 Å². The predicted molar refractivity (Wildman–Crippen MR) is 86.4 cm³/mol. The normalized spacial score (nSPS) is 21.9. The van der Waals surface area contributed by atoms with E-state index >= 15 is 0 Å². The van der Waals surface area contributed by atoms with Gasteiger partial charge in [-0.1, -0.05) is 73.5 Å². The Morgan fingerprint density at radius 1 is 0.857 bits per heavy atom. The fraction of sp³-hybridized carbons (Fsp3) is 0.350. The van der Waals surface area contributed by atoms with Gasteiger partial charge < -0.3 is 0 Å². The zero-order chi connectivity index (χ0) is 14.5. The van der Waals surface area contributed by atoms with Gasteiger partial charge in [-0.25, -0.2) is 0 Å². The molecule has 0 aromatic heterocycles. The summed E-state index contributed by atoms with van der Waals surface area (Å²) in [5.74, 6) is 1.03. The third-order valence-corrected chi connectivity index (χ3v) is 4.64. The van der Waals surface area contributed by atoms with Crippen LogP contribution in [0.4, 0.5) is 0 Å². The third-order valence-electron chi connectivity index (χ3n) is 4.64. The fourth-order valence-electron chi connectivity index (χ4n) is 3.53. The van der Waals surface area contributed by atoms with Crippen molar-refractivity contribution >= 4 is 5.78 Å². The SMILES string of the molecule is O=C(c1ccccc1)[C@H]1CCCC[C@H]1Cc1ccccc1. The summed E-state index contributed by atoms with van der Waals surface area (Å²) in [6, 6.07) is 20.4. The van der Waals surface area contributed by atoms with Gasteiger partial charge in [0.1, 0.15) is 0 Å². The Morgan fingerprint density at radius 2 is 1.48 bits per heavy atom. The molecular formula is C20H22O. The molecule has 0 unspecified atom stereocenters. The molecule has 0 saturated heterocycles. The molecule has 1 fully saturated rings. The molecule has 108 valence electrons. The Morgan fingerprint density at radius 3 is 2.19 bits per heavy atom. The van der Waals surface area contributed by atoms with Gasteiger partial charge in [-0.2, -0.15) is 0 Å². The van der Waals surface area contributed by atoms with Crippen LogP contribution in [0.25, 0.3) is 0 Å². The second-order valence-corrected chi connectivity index (χ2v) is 6.07. The Hall–Kier alpha value is -1.89. The van der Waals surface area contributed by atoms with E-state index in [-0.39, 0.29) is 5.92 Å². The lowest BCUT2D eigenvalue weighted by atomic mass is 9.73. The van der Waals surface area contributed by atoms with E-state index in [0.717, 1.165) is 18.4 Å². The summed E-state index contributed by atoms with van der Waals surface area (Å²) in [5, 5.41) is 0. The summed E-state index contributed by atoms with van der Waals surface area (Å²) in [6.45, 7) is 0. The highest BCUT2D eigenvalue weighted by Crippen LogP contribution is 2.34. The molecular weight excluding hydrogens is 256 g/mol. The molecule has 0 spiro atoms. The molecule has 2 aromatic carbocycles. The van der Waals surface area contributed by atoms with Gasteiger partial charge >= 0.3 is 0 Å². The zero-order valence-corrected chi connectivity index (χ0v) is 12.4. The largest absolute Gasteiger partial charge is 0.294 e. The Bertz CT molecular complexity index is 573. The molecule has 1 aliphatic carbocycles. The van der Waals surface area contributed by atoms with Crippen LogP contribution in [-0.4, -0.2) is 5.78 Å². The molecule has 21 heavy (non-hydrogen) atoms. The third kappa shape index (κ3) is 3.41. The lowest BCUT2D eigenvalue weighted by Crippen LogP contribution is -2.28. The molecule has 0 bridgehead atoms. The topological polar surface area (TPSA) is 17.1 Å². The molecule has 1 nitrogen and oxygen atoms in total. The Kier molecular flexibility index (Phi) is 4.49. The number of carbonyl (C=O) groups is 1. The molecule has 0 N–H and O–H groups in total. The van der Waals surface area contributed by atoms with Gasteiger partial charge in [-0.3, -0.25) is 4.79 Å². The van der Waals surface area contributed by atoms with Crippen molar-refractivity contribution in [2.24, 2.45) is 11.8 Å². The number of rotatable bonds is 4. The average Bonchev–Trinajstić information content (AvgIpc) is 2.56. The molecule has 0 radical (unpaired) electrons. The van der Waals surface area contributed by atoms with Crippen LogP contribution in [0.1, 0.15) is 41.6 Å². The van der Waals surface area contributed by atoms with Crippen molar-refractivity contribution < 1.29 is 4.79 Å².